The van der Waals surface area contributed by atoms with Gasteiger partial charge in [-0.05, 0) is 51.8 Å². The molecule has 160 valence electrons. The highest BCUT2D eigenvalue weighted by Crippen LogP contribution is 2.27. The Labute approximate surface area is 176 Å². The number of anilines is 1. The highest BCUT2D eigenvalue weighted by molar-refractivity contribution is 7.87. The Balaban J connectivity index is 1.55. The summed E-state index contributed by atoms with van der Waals surface area (Å²) in [7, 11) is -3.55. The summed E-state index contributed by atoms with van der Waals surface area (Å²) in [6.07, 6.45) is 6.87. The number of pyridine rings is 1. The molecule has 9 nitrogen and oxygen atoms in total. The van der Waals surface area contributed by atoms with Gasteiger partial charge >= 0.3 is 0 Å². The molecule has 0 radical (unpaired) electrons. The van der Waals surface area contributed by atoms with Gasteiger partial charge in [0, 0.05) is 42.6 Å². The molecule has 30 heavy (non-hydrogen) atoms. The maximum atomic E-state index is 12.7. The number of rotatable bonds is 5. The lowest BCUT2D eigenvalue weighted by atomic mass is 10.1. The quantitative estimate of drug-likeness (QED) is 0.574. The number of aromatic amines is 1. The van der Waals surface area contributed by atoms with Crippen LogP contribution in [0.15, 0.2) is 36.8 Å². The van der Waals surface area contributed by atoms with Crippen LogP contribution in [0.1, 0.15) is 33.6 Å². The maximum Gasteiger partial charge on any atom is 0.279 e. The first-order valence-electron chi connectivity index (χ1n) is 10.0. The number of piperidine rings is 1. The zero-order chi connectivity index (χ0) is 21.4. The predicted molar refractivity (Wildman–Crippen MR) is 117 cm³/mol. The summed E-state index contributed by atoms with van der Waals surface area (Å²) in [5.41, 5.74) is 2.54. The Hall–Kier alpha value is -2.56. The molecule has 1 aliphatic rings. The lowest BCUT2D eigenvalue weighted by Crippen LogP contribution is -2.53. The Kier molecular flexibility index (Phi) is 5.48. The second-order valence-corrected chi connectivity index (χ2v) is 10.2. The number of H-pyrrole nitrogens is 1. The van der Waals surface area contributed by atoms with Crippen LogP contribution in [0.2, 0.25) is 0 Å². The van der Waals surface area contributed by atoms with Gasteiger partial charge in [0.25, 0.3) is 10.2 Å². The van der Waals surface area contributed by atoms with Gasteiger partial charge in [-0.25, -0.2) is 15.0 Å². The average Bonchev–Trinajstić information content (AvgIpc) is 3.15. The zero-order valence-corrected chi connectivity index (χ0v) is 18.2. The maximum absolute atomic E-state index is 12.7. The van der Waals surface area contributed by atoms with Crippen LogP contribution in [0.3, 0.4) is 0 Å². The third-order valence-corrected chi connectivity index (χ3v) is 6.73. The molecule has 0 spiro atoms. The molecule has 4 rings (SSSR count). The van der Waals surface area contributed by atoms with Gasteiger partial charge in [0.15, 0.2) is 5.65 Å². The first-order valence-corrected chi connectivity index (χ1v) is 11.5. The summed E-state index contributed by atoms with van der Waals surface area (Å²) in [6, 6.07) is 5.62. The van der Waals surface area contributed by atoms with Crippen LogP contribution in [0.25, 0.3) is 22.4 Å². The lowest BCUT2D eigenvalue weighted by Gasteiger charge is -2.34. The van der Waals surface area contributed by atoms with Crippen molar-refractivity contribution in [2.24, 2.45) is 0 Å². The molecule has 0 aliphatic carbocycles. The van der Waals surface area contributed by atoms with Crippen LogP contribution >= 0.6 is 0 Å². The molecule has 3 N–H and O–H groups in total. The smallest absolute Gasteiger partial charge is 0.279 e. The monoisotopic (exact) mass is 429 g/mol. The van der Waals surface area contributed by atoms with Gasteiger partial charge in [-0.2, -0.15) is 17.4 Å². The van der Waals surface area contributed by atoms with Gasteiger partial charge in [0.2, 0.25) is 0 Å². The first kappa shape index (κ1) is 20.7. The highest BCUT2D eigenvalue weighted by Gasteiger charge is 2.32. The van der Waals surface area contributed by atoms with Crippen LogP contribution in [-0.2, 0) is 10.2 Å². The molecule has 0 amide bonds. The van der Waals surface area contributed by atoms with Gasteiger partial charge in [0.1, 0.15) is 11.3 Å². The second kappa shape index (κ2) is 7.93. The van der Waals surface area contributed by atoms with E-state index < -0.39 is 15.7 Å². The fourth-order valence-corrected chi connectivity index (χ4v) is 5.26. The van der Waals surface area contributed by atoms with Crippen LogP contribution in [-0.4, -0.2) is 57.3 Å². The standard InChI is InChI=1S/C20H27N7O2S/c1-20(2,3)26-30(28,29)27-11-5-6-14(13-27)24-18-15(7-4-9-21-18)17-12-23-19-16(25-17)8-10-22-19/h4,7-10,12,14,26H,5-6,11,13H2,1-3H3,(H,21,24)(H,22,23)/t14-/m0/s1. The summed E-state index contributed by atoms with van der Waals surface area (Å²) in [5, 5.41) is 3.43. The summed E-state index contributed by atoms with van der Waals surface area (Å²) in [5.74, 6) is 0.676. The molecule has 10 heteroatoms. The Bertz CT molecular complexity index is 1140. The highest BCUT2D eigenvalue weighted by atomic mass is 32.2. The molecular weight excluding hydrogens is 402 g/mol. The van der Waals surface area contributed by atoms with E-state index in [0.29, 0.717) is 24.6 Å². The van der Waals surface area contributed by atoms with Gasteiger partial charge < -0.3 is 10.3 Å². The SMILES string of the molecule is CC(C)(C)NS(=O)(=O)N1CCC[C@H](Nc2ncccc2-c2cnc3[nH]ccc3n2)C1. The molecular formula is C20H27N7O2S. The number of fused-ring (bicyclic) bond motifs is 1. The molecule has 1 atom stereocenters. The molecule has 0 bridgehead atoms. The van der Waals surface area contributed by atoms with Crippen LogP contribution < -0.4 is 10.0 Å². The van der Waals surface area contributed by atoms with E-state index in [9.17, 15) is 8.42 Å². The number of hydrogen-bond acceptors (Lipinski definition) is 6. The Morgan fingerprint density at radius 1 is 1.23 bits per heavy atom. The third-order valence-electron chi connectivity index (χ3n) is 4.84. The molecule has 0 aromatic carbocycles. The van der Waals surface area contributed by atoms with Crippen molar-refractivity contribution in [3.63, 3.8) is 0 Å². The van der Waals surface area contributed by atoms with E-state index in [-0.39, 0.29) is 6.04 Å². The predicted octanol–water partition coefficient (Wildman–Crippen LogP) is 2.53. The molecule has 0 saturated carbocycles. The van der Waals surface area contributed by atoms with E-state index in [4.69, 9.17) is 0 Å². The molecule has 1 fully saturated rings. The van der Waals surface area contributed by atoms with Gasteiger partial charge in [-0.15, -0.1) is 0 Å². The Morgan fingerprint density at radius 2 is 2.07 bits per heavy atom. The van der Waals surface area contributed by atoms with Gasteiger partial charge in [-0.1, -0.05) is 0 Å². The van der Waals surface area contributed by atoms with E-state index in [0.717, 1.165) is 29.6 Å². The normalized spacial score (nSPS) is 18.6. The molecule has 3 aromatic rings. The van der Waals surface area contributed by atoms with E-state index in [1.807, 2.05) is 39.0 Å². The third kappa shape index (κ3) is 4.61. The van der Waals surface area contributed by atoms with Crippen molar-refractivity contribution in [1.29, 1.82) is 0 Å². The molecule has 3 aromatic heterocycles. The molecule has 0 unspecified atom stereocenters. The number of aromatic nitrogens is 4. The number of hydrogen-bond donors (Lipinski definition) is 3. The molecule has 1 aliphatic heterocycles. The topological polar surface area (TPSA) is 116 Å². The van der Waals surface area contributed by atoms with Crippen LogP contribution in [0, 0.1) is 0 Å². The number of nitrogens with zero attached hydrogens (tertiary/aromatic N) is 4. The van der Waals surface area contributed by atoms with Gasteiger partial charge in [0.05, 0.1) is 11.9 Å². The minimum Gasteiger partial charge on any atom is -0.365 e. The van der Waals surface area contributed by atoms with Crippen LogP contribution in [0.5, 0.6) is 0 Å². The molecule has 1 saturated heterocycles. The van der Waals surface area contributed by atoms with E-state index in [1.165, 1.54) is 4.31 Å². The average molecular weight is 430 g/mol. The molecule has 4 heterocycles. The van der Waals surface area contributed by atoms with Crippen molar-refractivity contribution in [1.82, 2.24) is 29.0 Å². The van der Waals surface area contributed by atoms with Crippen molar-refractivity contribution in [2.45, 2.75) is 45.2 Å². The van der Waals surface area contributed by atoms with Crippen molar-refractivity contribution in [3.05, 3.63) is 36.8 Å². The lowest BCUT2D eigenvalue weighted by molar-refractivity contribution is 0.315. The number of nitrogens with one attached hydrogen (secondary N) is 3. The summed E-state index contributed by atoms with van der Waals surface area (Å²) >= 11 is 0. The first-order chi connectivity index (χ1) is 14.2. The van der Waals surface area contributed by atoms with Crippen molar-refractivity contribution >= 4 is 27.2 Å². The zero-order valence-electron chi connectivity index (χ0n) is 17.4. The van der Waals surface area contributed by atoms with Crippen molar-refractivity contribution < 1.29 is 8.42 Å². The Morgan fingerprint density at radius 3 is 2.87 bits per heavy atom. The van der Waals surface area contributed by atoms with Crippen molar-refractivity contribution in [2.75, 3.05) is 18.4 Å². The van der Waals surface area contributed by atoms with E-state index >= 15 is 0 Å². The largest absolute Gasteiger partial charge is 0.365 e. The van der Waals surface area contributed by atoms with Crippen LogP contribution in [0.4, 0.5) is 5.82 Å². The fourth-order valence-electron chi connectivity index (χ4n) is 3.61. The van der Waals surface area contributed by atoms with Gasteiger partial charge in [-0.3, -0.25) is 0 Å². The summed E-state index contributed by atoms with van der Waals surface area (Å²) in [6.45, 7) is 6.41. The summed E-state index contributed by atoms with van der Waals surface area (Å²) in [4.78, 5) is 16.6. The van der Waals surface area contributed by atoms with Crippen molar-refractivity contribution in [3.8, 4) is 11.3 Å². The second-order valence-electron chi connectivity index (χ2n) is 8.56. The minimum atomic E-state index is -3.55. The fraction of sp³-hybridized carbons (Fsp3) is 0.450. The van der Waals surface area contributed by atoms with E-state index in [1.54, 1.807) is 18.6 Å². The minimum absolute atomic E-state index is 0.0482. The van der Waals surface area contributed by atoms with E-state index in [2.05, 4.69) is 30.0 Å². The summed E-state index contributed by atoms with van der Waals surface area (Å²) < 4.78 is 29.7.